The number of carbonyl (C=O) groups is 1. The number of urea groups is 1. The number of thiophene rings is 1. The molecular weight excluding hydrogens is 314 g/mol. The minimum absolute atomic E-state index is 0.0231. The summed E-state index contributed by atoms with van der Waals surface area (Å²) in [6.45, 7) is 5.62. The van der Waals surface area contributed by atoms with Crippen molar-refractivity contribution in [3.05, 3.63) is 38.5 Å². The van der Waals surface area contributed by atoms with Crippen LogP contribution in [0.2, 0.25) is 0 Å². The molecule has 1 aliphatic rings. The van der Waals surface area contributed by atoms with Gasteiger partial charge in [-0.1, -0.05) is 19.9 Å². The number of hydrogen-bond acceptors (Lipinski definition) is 4. The third-order valence-corrected chi connectivity index (χ3v) is 6.04. The molecule has 3 rings (SSSR count). The van der Waals surface area contributed by atoms with Gasteiger partial charge in [-0.15, -0.1) is 22.7 Å². The second kappa shape index (κ2) is 6.79. The number of rotatable bonds is 4. The Morgan fingerprint density at radius 2 is 2.36 bits per heavy atom. The van der Waals surface area contributed by atoms with Crippen molar-refractivity contribution in [3.8, 4) is 0 Å². The largest absolute Gasteiger partial charge is 0.332 e. The van der Waals surface area contributed by atoms with E-state index in [9.17, 15) is 4.79 Å². The van der Waals surface area contributed by atoms with Crippen molar-refractivity contribution >= 4 is 28.7 Å². The molecule has 3 heterocycles. The third kappa shape index (κ3) is 3.33. The molecule has 1 saturated heterocycles. The maximum Gasteiger partial charge on any atom is 0.318 e. The predicted molar refractivity (Wildman–Crippen MR) is 91.4 cm³/mol. The number of thiazole rings is 1. The van der Waals surface area contributed by atoms with Crippen LogP contribution in [0.3, 0.4) is 0 Å². The molecule has 1 aliphatic heterocycles. The Morgan fingerprint density at radius 3 is 3.05 bits per heavy atom. The second-order valence-electron chi connectivity index (χ2n) is 5.86. The average Bonchev–Trinajstić information content (AvgIpc) is 3.23. The van der Waals surface area contributed by atoms with Gasteiger partial charge in [0.2, 0.25) is 0 Å². The molecule has 2 amide bonds. The molecule has 2 aromatic rings. The molecule has 1 fully saturated rings. The number of amides is 2. The first kappa shape index (κ1) is 15.5. The van der Waals surface area contributed by atoms with Crippen LogP contribution in [0.5, 0.6) is 0 Å². The number of nitrogens with one attached hydrogen (secondary N) is 1. The van der Waals surface area contributed by atoms with E-state index in [-0.39, 0.29) is 12.1 Å². The van der Waals surface area contributed by atoms with Crippen LogP contribution in [0.25, 0.3) is 0 Å². The molecule has 0 aromatic carbocycles. The first-order valence-electron chi connectivity index (χ1n) is 7.67. The van der Waals surface area contributed by atoms with Gasteiger partial charge in [0, 0.05) is 22.7 Å². The second-order valence-corrected chi connectivity index (χ2v) is 7.73. The highest BCUT2D eigenvalue weighted by atomic mass is 32.1. The first-order chi connectivity index (χ1) is 10.6. The van der Waals surface area contributed by atoms with Crippen LogP contribution in [0.4, 0.5) is 4.79 Å². The van der Waals surface area contributed by atoms with Crippen molar-refractivity contribution in [2.45, 2.75) is 45.2 Å². The van der Waals surface area contributed by atoms with E-state index in [4.69, 9.17) is 0 Å². The van der Waals surface area contributed by atoms with E-state index in [2.05, 4.69) is 41.7 Å². The van der Waals surface area contributed by atoms with Gasteiger partial charge in [0.15, 0.2) is 0 Å². The standard InChI is InChI=1S/C16H21N3OS2/c1-11(2)15-18-12(10-22-15)9-17-16(20)19-7-3-5-13(19)14-6-4-8-21-14/h4,6,8,10-11,13H,3,5,7,9H2,1-2H3,(H,17,20). The Labute approximate surface area is 139 Å². The summed E-state index contributed by atoms with van der Waals surface area (Å²) in [5.74, 6) is 0.441. The summed E-state index contributed by atoms with van der Waals surface area (Å²) in [4.78, 5) is 20.3. The summed E-state index contributed by atoms with van der Waals surface area (Å²) in [5.41, 5.74) is 0.953. The lowest BCUT2D eigenvalue weighted by Gasteiger charge is -2.24. The van der Waals surface area contributed by atoms with Gasteiger partial charge in [0.05, 0.1) is 23.3 Å². The minimum Gasteiger partial charge on any atom is -0.332 e. The van der Waals surface area contributed by atoms with Gasteiger partial charge in [0.1, 0.15) is 0 Å². The molecule has 118 valence electrons. The van der Waals surface area contributed by atoms with E-state index in [0.717, 1.165) is 30.1 Å². The van der Waals surface area contributed by atoms with Crippen molar-refractivity contribution in [2.75, 3.05) is 6.54 Å². The number of likely N-dealkylation sites (tertiary alicyclic amines) is 1. The van der Waals surface area contributed by atoms with Gasteiger partial charge < -0.3 is 10.2 Å². The third-order valence-electron chi connectivity index (χ3n) is 3.87. The summed E-state index contributed by atoms with van der Waals surface area (Å²) in [5, 5.41) is 8.26. The monoisotopic (exact) mass is 335 g/mol. The van der Waals surface area contributed by atoms with Crippen LogP contribution in [0, 0.1) is 0 Å². The zero-order chi connectivity index (χ0) is 15.5. The average molecular weight is 335 g/mol. The highest BCUT2D eigenvalue weighted by molar-refractivity contribution is 7.10. The van der Waals surface area contributed by atoms with Crippen molar-refractivity contribution in [2.24, 2.45) is 0 Å². The highest BCUT2D eigenvalue weighted by Gasteiger charge is 2.30. The topological polar surface area (TPSA) is 45.2 Å². The fourth-order valence-corrected chi connectivity index (χ4v) is 4.43. The molecule has 1 unspecified atom stereocenters. The Bertz CT molecular complexity index is 621. The van der Waals surface area contributed by atoms with Crippen molar-refractivity contribution in [3.63, 3.8) is 0 Å². The molecule has 1 N–H and O–H groups in total. The molecular formula is C16H21N3OS2. The van der Waals surface area contributed by atoms with E-state index < -0.39 is 0 Å². The fourth-order valence-electron chi connectivity index (χ4n) is 2.72. The number of nitrogens with zero attached hydrogens (tertiary/aromatic N) is 2. The van der Waals surface area contributed by atoms with Crippen LogP contribution in [0.15, 0.2) is 22.9 Å². The first-order valence-corrected chi connectivity index (χ1v) is 9.43. The van der Waals surface area contributed by atoms with Gasteiger partial charge in [-0.2, -0.15) is 0 Å². The van der Waals surface area contributed by atoms with Gasteiger partial charge in [-0.25, -0.2) is 9.78 Å². The summed E-state index contributed by atoms with van der Waals surface area (Å²) in [7, 11) is 0. The maximum absolute atomic E-state index is 12.5. The molecule has 0 bridgehead atoms. The van der Waals surface area contributed by atoms with Gasteiger partial charge in [0.25, 0.3) is 0 Å². The lowest BCUT2D eigenvalue weighted by atomic mass is 10.2. The Kier molecular flexibility index (Phi) is 4.78. The summed E-state index contributed by atoms with van der Waals surface area (Å²) >= 11 is 3.40. The number of aromatic nitrogens is 1. The number of hydrogen-bond donors (Lipinski definition) is 1. The highest BCUT2D eigenvalue weighted by Crippen LogP contribution is 2.34. The zero-order valence-electron chi connectivity index (χ0n) is 12.9. The quantitative estimate of drug-likeness (QED) is 0.901. The maximum atomic E-state index is 12.5. The molecule has 4 nitrogen and oxygen atoms in total. The molecule has 0 spiro atoms. The Morgan fingerprint density at radius 1 is 1.50 bits per heavy atom. The van der Waals surface area contributed by atoms with E-state index in [1.54, 1.807) is 22.7 Å². The van der Waals surface area contributed by atoms with Gasteiger partial charge >= 0.3 is 6.03 Å². The van der Waals surface area contributed by atoms with E-state index in [0.29, 0.717) is 12.5 Å². The van der Waals surface area contributed by atoms with Crippen molar-refractivity contribution in [1.82, 2.24) is 15.2 Å². The van der Waals surface area contributed by atoms with Crippen molar-refractivity contribution < 1.29 is 4.79 Å². The van der Waals surface area contributed by atoms with E-state index >= 15 is 0 Å². The Balaban J connectivity index is 1.59. The smallest absolute Gasteiger partial charge is 0.318 e. The van der Waals surface area contributed by atoms with Crippen LogP contribution in [-0.2, 0) is 6.54 Å². The molecule has 0 radical (unpaired) electrons. The molecule has 0 aliphatic carbocycles. The number of carbonyl (C=O) groups excluding carboxylic acids is 1. The summed E-state index contributed by atoms with van der Waals surface area (Å²) < 4.78 is 0. The van der Waals surface area contributed by atoms with Crippen LogP contribution < -0.4 is 5.32 Å². The lowest BCUT2D eigenvalue weighted by molar-refractivity contribution is 0.193. The molecule has 1 atom stereocenters. The minimum atomic E-state index is 0.0231. The Hall–Kier alpha value is -1.40. The lowest BCUT2D eigenvalue weighted by Crippen LogP contribution is -2.39. The van der Waals surface area contributed by atoms with Crippen LogP contribution in [-0.4, -0.2) is 22.5 Å². The van der Waals surface area contributed by atoms with E-state index in [1.807, 2.05) is 10.3 Å². The van der Waals surface area contributed by atoms with Crippen molar-refractivity contribution in [1.29, 1.82) is 0 Å². The van der Waals surface area contributed by atoms with Crippen LogP contribution >= 0.6 is 22.7 Å². The molecule has 2 aromatic heterocycles. The van der Waals surface area contributed by atoms with Gasteiger partial charge in [-0.3, -0.25) is 0 Å². The fraction of sp³-hybridized carbons (Fsp3) is 0.500. The summed E-state index contributed by atoms with van der Waals surface area (Å²) in [6, 6.07) is 4.43. The SMILES string of the molecule is CC(C)c1nc(CNC(=O)N2CCCC2c2cccs2)cs1. The normalized spacial score (nSPS) is 18.1. The zero-order valence-corrected chi connectivity index (χ0v) is 14.5. The molecule has 22 heavy (non-hydrogen) atoms. The molecule has 0 saturated carbocycles. The summed E-state index contributed by atoms with van der Waals surface area (Å²) in [6.07, 6.45) is 2.13. The van der Waals surface area contributed by atoms with Crippen LogP contribution in [0.1, 0.15) is 54.2 Å². The van der Waals surface area contributed by atoms with Gasteiger partial charge in [-0.05, 0) is 24.3 Å². The molecule has 6 heteroatoms. The van der Waals surface area contributed by atoms with E-state index in [1.165, 1.54) is 4.88 Å². The predicted octanol–water partition coefficient (Wildman–Crippen LogP) is 4.37.